The van der Waals surface area contributed by atoms with Gasteiger partial charge in [0.15, 0.2) is 5.92 Å². The molecule has 184 valence electrons. The molecule has 0 aliphatic carbocycles. The van der Waals surface area contributed by atoms with Crippen LogP contribution in [0.2, 0.25) is 0 Å². The van der Waals surface area contributed by atoms with Crippen molar-refractivity contribution < 1.29 is 24.0 Å². The maximum atomic E-state index is 13.4. The standard InChI is InChI=1S/C27H25N3O6/c1-4-8-19-15-21(16-23(25(19)35-3)18-9-6-5-7-10-18)29-26(31)24(17(2)28-29)27(32)36-22-13-11-20(12-14-22)30(33)34/h5-7,9-16,24H,4,8H2,1-3H3. The van der Waals surface area contributed by atoms with Crippen LogP contribution in [0.15, 0.2) is 71.8 Å². The number of anilines is 1. The number of non-ortho nitro benzene ring substituents is 1. The number of esters is 1. The van der Waals surface area contributed by atoms with E-state index in [1.54, 1.807) is 14.0 Å². The Bertz CT molecular complexity index is 1340. The zero-order valence-corrected chi connectivity index (χ0v) is 20.1. The summed E-state index contributed by atoms with van der Waals surface area (Å²) in [5.41, 5.74) is 3.35. The predicted molar refractivity (Wildman–Crippen MR) is 135 cm³/mol. The molecular weight excluding hydrogens is 462 g/mol. The third-order valence-corrected chi connectivity index (χ3v) is 5.84. The molecule has 0 saturated carbocycles. The Morgan fingerprint density at radius 2 is 1.81 bits per heavy atom. The van der Waals surface area contributed by atoms with Crippen LogP contribution < -0.4 is 14.5 Å². The van der Waals surface area contributed by atoms with Gasteiger partial charge in [-0.25, -0.2) is 0 Å². The first-order valence-corrected chi connectivity index (χ1v) is 11.5. The van der Waals surface area contributed by atoms with Crippen molar-refractivity contribution in [3.63, 3.8) is 0 Å². The second-order valence-electron chi connectivity index (χ2n) is 8.30. The van der Waals surface area contributed by atoms with Gasteiger partial charge in [0.2, 0.25) is 0 Å². The van der Waals surface area contributed by atoms with Crippen LogP contribution in [0.5, 0.6) is 11.5 Å². The van der Waals surface area contributed by atoms with Gasteiger partial charge in [0, 0.05) is 17.7 Å². The molecule has 1 heterocycles. The Hall–Kier alpha value is -4.53. The molecule has 3 aromatic carbocycles. The first-order valence-electron chi connectivity index (χ1n) is 11.5. The molecule has 1 atom stereocenters. The Morgan fingerprint density at radius 1 is 1.11 bits per heavy atom. The van der Waals surface area contributed by atoms with E-state index in [2.05, 4.69) is 12.0 Å². The maximum Gasteiger partial charge on any atom is 0.329 e. The molecule has 0 bridgehead atoms. The SMILES string of the molecule is CCCc1cc(N2N=C(C)C(C(=O)Oc3ccc([N+](=O)[O-])cc3)C2=O)cc(-c2ccccc2)c1OC. The smallest absolute Gasteiger partial charge is 0.329 e. The second kappa shape index (κ2) is 10.4. The van der Waals surface area contributed by atoms with Crippen molar-refractivity contribution in [3.05, 3.63) is 82.4 Å². The van der Waals surface area contributed by atoms with Gasteiger partial charge in [-0.15, -0.1) is 0 Å². The number of hydrazone groups is 1. The molecule has 1 unspecified atom stereocenters. The van der Waals surface area contributed by atoms with Gasteiger partial charge in [0.25, 0.3) is 11.6 Å². The molecule has 0 N–H and O–H groups in total. The van der Waals surface area contributed by atoms with Crippen LogP contribution >= 0.6 is 0 Å². The highest BCUT2D eigenvalue weighted by atomic mass is 16.6. The predicted octanol–water partition coefficient (Wildman–Crippen LogP) is 5.17. The number of nitro groups is 1. The van der Waals surface area contributed by atoms with Crippen molar-refractivity contribution in [1.29, 1.82) is 0 Å². The lowest BCUT2D eigenvalue weighted by atomic mass is 9.97. The fourth-order valence-corrected chi connectivity index (χ4v) is 4.16. The second-order valence-corrected chi connectivity index (χ2v) is 8.30. The minimum Gasteiger partial charge on any atom is -0.496 e. The van der Waals surface area contributed by atoms with Gasteiger partial charge < -0.3 is 9.47 Å². The molecule has 0 aromatic heterocycles. The van der Waals surface area contributed by atoms with Gasteiger partial charge >= 0.3 is 5.97 Å². The quantitative estimate of drug-likeness (QED) is 0.143. The van der Waals surface area contributed by atoms with E-state index in [4.69, 9.17) is 9.47 Å². The van der Waals surface area contributed by atoms with Crippen molar-refractivity contribution in [1.82, 2.24) is 0 Å². The van der Waals surface area contributed by atoms with E-state index in [1.807, 2.05) is 42.5 Å². The van der Waals surface area contributed by atoms with Gasteiger partial charge in [0.05, 0.1) is 23.4 Å². The Labute approximate surface area is 208 Å². The summed E-state index contributed by atoms with van der Waals surface area (Å²) in [6.45, 7) is 3.65. The molecule has 3 aromatic rings. The molecule has 0 radical (unpaired) electrons. The van der Waals surface area contributed by atoms with Crippen molar-refractivity contribution in [2.75, 3.05) is 12.1 Å². The van der Waals surface area contributed by atoms with Crippen molar-refractivity contribution in [2.24, 2.45) is 11.0 Å². The van der Waals surface area contributed by atoms with Gasteiger partial charge in [-0.05, 0) is 48.7 Å². The van der Waals surface area contributed by atoms with E-state index in [0.717, 1.165) is 35.3 Å². The monoisotopic (exact) mass is 487 g/mol. The highest BCUT2D eigenvalue weighted by Crippen LogP contribution is 2.39. The minimum atomic E-state index is -1.22. The Morgan fingerprint density at radius 3 is 2.42 bits per heavy atom. The normalized spacial score (nSPS) is 15.0. The molecule has 9 heteroatoms. The molecule has 1 amide bonds. The third kappa shape index (κ3) is 4.81. The van der Waals surface area contributed by atoms with E-state index in [1.165, 1.54) is 29.3 Å². The van der Waals surface area contributed by atoms with Crippen LogP contribution in [-0.2, 0) is 16.0 Å². The van der Waals surface area contributed by atoms with E-state index in [-0.39, 0.29) is 11.4 Å². The van der Waals surface area contributed by atoms with Crippen LogP contribution in [0.3, 0.4) is 0 Å². The number of methoxy groups -OCH3 is 1. The molecule has 1 aliphatic rings. The minimum absolute atomic E-state index is 0.102. The fraction of sp³-hybridized carbons (Fsp3) is 0.222. The van der Waals surface area contributed by atoms with Crippen molar-refractivity contribution in [2.45, 2.75) is 26.7 Å². The summed E-state index contributed by atoms with van der Waals surface area (Å²) >= 11 is 0. The first-order chi connectivity index (χ1) is 17.3. The van der Waals surface area contributed by atoms with E-state index in [9.17, 15) is 19.7 Å². The summed E-state index contributed by atoms with van der Waals surface area (Å²) in [4.78, 5) is 36.5. The molecule has 36 heavy (non-hydrogen) atoms. The van der Waals surface area contributed by atoms with Crippen LogP contribution in [0, 0.1) is 16.0 Å². The maximum absolute atomic E-state index is 13.4. The number of hydrogen-bond acceptors (Lipinski definition) is 7. The Kier molecular flexibility index (Phi) is 7.10. The summed E-state index contributed by atoms with van der Waals surface area (Å²) in [7, 11) is 1.62. The zero-order chi connectivity index (χ0) is 25.8. The van der Waals surface area contributed by atoms with E-state index >= 15 is 0 Å². The fourth-order valence-electron chi connectivity index (χ4n) is 4.16. The van der Waals surface area contributed by atoms with Crippen LogP contribution in [0.25, 0.3) is 11.1 Å². The van der Waals surface area contributed by atoms with Gasteiger partial charge in [-0.1, -0.05) is 43.7 Å². The molecule has 9 nitrogen and oxygen atoms in total. The van der Waals surface area contributed by atoms with Crippen LogP contribution in [-0.4, -0.2) is 29.6 Å². The number of amides is 1. The number of ether oxygens (including phenoxy) is 2. The summed E-state index contributed by atoms with van der Waals surface area (Å²) in [6.07, 6.45) is 1.60. The van der Waals surface area contributed by atoms with Crippen LogP contribution in [0.1, 0.15) is 25.8 Å². The Balaban J connectivity index is 1.65. The number of nitrogens with zero attached hydrogens (tertiary/aromatic N) is 3. The molecule has 4 rings (SSSR count). The summed E-state index contributed by atoms with van der Waals surface area (Å²) < 4.78 is 11.1. The highest BCUT2D eigenvalue weighted by Gasteiger charge is 2.41. The average molecular weight is 488 g/mol. The van der Waals surface area contributed by atoms with Gasteiger partial charge in [-0.2, -0.15) is 10.1 Å². The van der Waals surface area contributed by atoms with Crippen LogP contribution in [0.4, 0.5) is 11.4 Å². The van der Waals surface area contributed by atoms with E-state index < -0.39 is 22.7 Å². The number of carbonyl (C=O) groups is 2. The lowest BCUT2D eigenvalue weighted by Gasteiger charge is -2.20. The van der Waals surface area contributed by atoms with Crippen molar-refractivity contribution >= 4 is 29.0 Å². The average Bonchev–Trinajstić information content (AvgIpc) is 3.18. The summed E-state index contributed by atoms with van der Waals surface area (Å²) in [6, 6.07) is 18.4. The molecule has 1 aliphatic heterocycles. The van der Waals surface area contributed by atoms with E-state index in [0.29, 0.717) is 11.4 Å². The molecular formula is C27H25N3O6. The lowest BCUT2D eigenvalue weighted by molar-refractivity contribution is -0.384. The molecule has 0 spiro atoms. The van der Waals surface area contributed by atoms with Gasteiger partial charge in [0.1, 0.15) is 11.5 Å². The third-order valence-electron chi connectivity index (χ3n) is 5.84. The first kappa shape index (κ1) is 24.6. The largest absolute Gasteiger partial charge is 0.496 e. The van der Waals surface area contributed by atoms with Gasteiger partial charge in [-0.3, -0.25) is 19.7 Å². The molecule has 0 saturated heterocycles. The lowest BCUT2D eigenvalue weighted by Crippen LogP contribution is -2.35. The number of hydrogen-bond donors (Lipinski definition) is 0. The summed E-state index contributed by atoms with van der Waals surface area (Å²) in [5.74, 6) is -1.73. The topological polar surface area (TPSA) is 111 Å². The zero-order valence-electron chi connectivity index (χ0n) is 20.1. The number of carbonyl (C=O) groups excluding carboxylic acids is 2. The number of aryl methyl sites for hydroxylation is 1. The number of rotatable bonds is 8. The number of nitro benzene ring substituents is 1. The summed E-state index contributed by atoms with van der Waals surface area (Å²) in [5, 5.41) is 16.5. The number of benzene rings is 3. The molecule has 0 fully saturated rings. The highest BCUT2D eigenvalue weighted by molar-refractivity contribution is 6.25. The van der Waals surface area contributed by atoms with Crippen molar-refractivity contribution in [3.8, 4) is 22.6 Å².